The van der Waals surface area contributed by atoms with Crippen molar-refractivity contribution in [3.63, 3.8) is 0 Å². The summed E-state index contributed by atoms with van der Waals surface area (Å²) in [6.07, 6.45) is 0. The summed E-state index contributed by atoms with van der Waals surface area (Å²) in [6.45, 7) is 1.21. The Morgan fingerprint density at radius 3 is 2.70 bits per heavy atom. The van der Waals surface area contributed by atoms with E-state index in [1.165, 1.54) is 0 Å². The van der Waals surface area contributed by atoms with Crippen LogP contribution in [0.15, 0.2) is 58.5 Å². The molecule has 0 aliphatic heterocycles. The molecule has 0 aliphatic rings. The van der Waals surface area contributed by atoms with Crippen molar-refractivity contribution in [1.82, 2.24) is 15.5 Å². The van der Waals surface area contributed by atoms with E-state index >= 15 is 0 Å². The molecule has 0 spiro atoms. The Morgan fingerprint density at radius 1 is 1.17 bits per heavy atom. The van der Waals surface area contributed by atoms with Crippen LogP contribution in [-0.2, 0) is 9.84 Å². The smallest absolute Gasteiger partial charge is 0.223 e. The van der Waals surface area contributed by atoms with Crippen LogP contribution in [-0.4, -0.2) is 38.8 Å². The van der Waals surface area contributed by atoms with Crippen molar-refractivity contribution in [3.8, 4) is 5.75 Å². The standard InChI is InChI=1S/C16H17N3O3S/c1-17-9-10-22-12-7-8-15-14(11-12)16(19-18-15)23(20,21)13-5-3-2-4-6-13/h2-8,11,17H,9-10H2,1H3,(H,18,19). The molecule has 7 heteroatoms. The van der Waals surface area contributed by atoms with Gasteiger partial charge in [-0.1, -0.05) is 18.2 Å². The number of hydrogen-bond acceptors (Lipinski definition) is 5. The molecular formula is C16H17N3O3S. The van der Waals surface area contributed by atoms with E-state index in [0.717, 1.165) is 0 Å². The first-order valence-corrected chi connectivity index (χ1v) is 8.67. The highest BCUT2D eigenvalue weighted by Gasteiger charge is 2.23. The molecule has 0 unspecified atom stereocenters. The molecule has 0 radical (unpaired) electrons. The highest BCUT2D eigenvalue weighted by atomic mass is 32.2. The van der Waals surface area contributed by atoms with Crippen LogP contribution in [0.5, 0.6) is 5.75 Å². The van der Waals surface area contributed by atoms with Gasteiger partial charge in [-0.3, -0.25) is 5.10 Å². The molecule has 0 fully saturated rings. The zero-order chi connectivity index (χ0) is 16.3. The van der Waals surface area contributed by atoms with Gasteiger partial charge in [-0.2, -0.15) is 5.10 Å². The number of ether oxygens (including phenoxy) is 1. The maximum Gasteiger partial charge on any atom is 0.223 e. The highest BCUT2D eigenvalue weighted by Crippen LogP contribution is 2.28. The summed E-state index contributed by atoms with van der Waals surface area (Å²) in [4.78, 5) is 0.229. The molecule has 0 bridgehead atoms. The molecule has 3 rings (SSSR count). The summed E-state index contributed by atoms with van der Waals surface area (Å²) >= 11 is 0. The number of hydrogen-bond donors (Lipinski definition) is 2. The zero-order valence-corrected chi connectivity index (χ0v) is 13.4. The van der Waals surface area contributed by atoms with Crippen LogP contribution < -0.4 is 10.1 Å². The van der Waals surface area contributed by atoms with Crippen molar-refractivity contribution in [2.45, 2.75) is 9.92 Å². The first-order valence-electron chi connectivity index (χ1n) is 7.18. The lowest BCUT2D eigenvalue weighted by Crippen LogP contribution is -2.15. The number of aromatic nitrogens is 2. The molecule has 120 valence electrons. The Balaban J connectivity index is 2.03. The van der Waals surface area contributed by atoms with Crippen LogP contribution in [0.3, 0.4) is 0 Å². The summed E-state index contributed by atoms with van der Waals surface area (Å²) in [5.41, 5.74) is 0.584. The van der Waals surface area contributed by atoms with Crippen LogP contribution in [0.1, 0.15) is 0 Å². The number of likely N-dealkylation sites (N-methyl/N-ethyl adjacent to an activating group) is 1. The Labute approximate surface area is 134 Å². The molecule has 2 N–H and O–H groups in total. The second-order valence-corrected chi connectivity index (χ2v) is 6.89. The zero-order valence-electron chi connectivity index (χ0n) is 12.6. The van der Waals surface area contributed by atoms with E-state index in [-0.39, 0.29) is 9.92 Å². The highest BCUT2D eigenvalue weighted by molar-refractivity contribution is 7.91. The molecule has 0 saturated heterocycles. The lowest BCUT2D eigenvalue weighted by Gasteiger charge is -2.06. The largest absolute Gasteiger partial charge is 0.492 e. The SMILES string of the molecule is CNCCOc1ccc2n[nH]c(S(=O)(=O)c3ccccc3)c2c1. The summed E-state index contributed by atoms with van der Waals surface area (Å²) < 4.78 is 31.1. The minimum Gasteiger partial charge on any atom is -0.492 e. The Hall–Kier alpha value is -2.38. The van der Waals surface area contributed by atoms with Gasteiger partial charge in [0.15, 0.2) is 5.03 Å². The molecule has 23 heavy (non-hydrogen) atoms. The second-order valence-electron chi connectivity index (χ2n) is 5.00. The number of nitrogens with one attached hydrogen (secondary N) is 2. The van der Waals surface area contributed by atoms with Gasteiger partial charge in [0.25, 0.3) is 0 Å². The summed E-state index contributed by atoms with van der Waals surface area (Å²) in [6, 6.07) is 13.5. The van der Waals surface area contributed by atoms with Gasteiger partial charge in [0.2, 0.25) is 9.84 Å². The average Bonchev–Trinajstić information content (AvgIpc) is 3.00. The predicted molar refractivity (Wildman–Crippen MR) is 87.4 cm³/mol. The van der Waals surface area contributed by atoms with Crippen LogP contribution in [0.2, 0.25) is 0 Å². The lowest BCUT2D eigenvalue weighted by molar-refractivity contribution is 0.319. The Bertz CT molecular complexity index is 905. The molecule has 1 aromatic heterocycles. The van der Waals surface area contributed by atoms with E-state index in [1.54, 1.807) is 48.5 Å². The molecule has 0 saturated carbocycles. The number of nitrogens with zero attached hydrogens (tertiary/aromatic N) is 1. The van der Waals surface area contributed by atoms with E-state index in [4.69, 9.17) is 4.74 Å². The van der Waals surface area contributed by atoms with E-state index in [0.29, 0.717) is 29.8 Å². The Kier molecular flexibility index (Phi) is 4.31. The van der Waals surface area contributed by atoms with Gasteiger partial charge >= 0.3 is 0 Å². The second kappa shape index (κ2) is 6.39. The minimum atomic E-state index is -3.65. The van der Waals surface area contributed by atoms with E-state index in [9.17, 15) is 8.42 Å². The number of H-pyrrole nitrogens is 1. The van der Waals surface area contributed by atoms with Gasteiger partial charge in [-0.05, 0) is 37.4 Å². The van der Waals surface area contributed by atoms with Gasteiger partial charge in [0.05, 0.1) is 10.4 Å². The first kappa shape index (κ1) is 15.5. The van der Waals surface area contributed by atoms with Crippen molar-refractivity contribution < 1.29 is 13.2 Å². The van der Waals surface area contributed by atoms with Crippen molar-refractivity contribution in [1.29, 1.82) is 0 Å². The maximum absolute atomic E-state index is 12.8. The van der Waals surface area contributed by atoms with Crippen molar-refractivity contribution in [2.24, 2.45) is 0 Å². The average molecular weight is 331 g/mol. The fourth-order valence-corrected chi connectivity index (χ4v) is 3.62. The molecule has 2 aromatic carbocycles. The van der Waals surface area contributed by atoms with E-state index in [1.807, 2.05) is 7.05 Å². The van der Waals surface area contributed by atoms with Gasteiger partial charge in [-0.25, -0.2) is 8.42 Å². The fraction of sp³-hybridized carbons (Fsp3) is 0.188. The molecular weight excluding hydrogens is 314 g/mol. The molecule has 1 heterocycles. The third-order valence-electron chi connectivity index (χ3n) is 3.43. The topological polar surface area (TPSA) is 84.1 Å². The number of benzene rings is 2. The van der Waals surface area contributed by atoms with Crippen LogP contribution in [0.25, 0.3) is 10.9 Å². The normalized spacial score (nSPS) is 11.7. The van der Waals surface area contributed by atoms with Crippen molar-refractivity contribution in [3.05, 3.63) is 48.5 Å². The van der Waals surface area contributed by atoms with Gasteiger partial charge in [-0.15, -0.1) is 0 Å². The monoisotopic (exact) mass is 331 g/mol. The minimum absolute atomic E-state index is 0.0813. The molecule has 0 aliphatic carbocycles. The Morgan fingerprint density at radius 2 is 1.96 bits per heavy atom. The number of sulfone groups is 1. The van der Waals surface area contributed by atoms with Crippen LogP contribution >= 0.6 is 0 Å². The van der Waals surface area contributed by atoms with Crippen molar-refractivity contribution >= 4 is 20.7 Å². The van der Waals surface area contributed by atoms with Gasteiger partial charge in [0.1, 0.15) is 12.4 Å². The first-order chi connectivity index (χ1) is 11.1. The van der Waals surface area contributed by atoms with E-state index < -0.39 is 9.84 Å². The van der Waals surface area contributed by atoms with Crippen molar-refractivity contribution in [2.75, 3.05) is 20.2 Å². The molecule has 0 amide bonds. The van der Waals surface area contributed by atoms with E-state index in [2.05, 4.69) is 15.5 Å². The molecule has 6 nitrogen and oxygen atoms in total. The summed E-state index contributed by atoms with van der Waals surface area (Å²) in [5.74, 6) is 0.610. The van der Waals surface area contributed by atoms with Gasteiger partial charge < -0.3 is 10.1 Å². The third-order valence-corrected chi connectivity index (χ3v) is 5.17. The maximum atomic E-state index is 12.8. The fourth-order valence-electron chi connectivity index (χ4n) is 2.25. The number of aromatic amines is 1. The predicted octanol–water partition coefficient (Wildman–Crippen LogP) is 1.99. The summed E-state index contributed by atoms with van der Waals surface area (Å²) in [5, 5.41) is 10.3. The third kappa shape index (κ3) is 3.06. The lowest BCUT2D eigenvalue weighted by atomic mass is 10.2. The van der Waals surface area contributed by atoms with Crippen LogP contribution in [0, 0.1) is 0 Å². The number of fused-ring (bicyclic) bond motifs is 1. The van der Waals surface area contributed by atoms with Gasteiger partial charge in [0, 0.05) is 11.9 Å². The summed E-state index contributed by atoms with van der Waals surface area (Å²) in [7, 11) is -1.81. The quantitative estimate of drug-likeness (QED) is 0.675. The molecule has 0 atom stereocenters. The van der Waals surface area contributed by atoms with Crippen LogP contribution in [0.4, 0.5) is 0 Å². The molecule has 3 aromatic rings. The number of rotatable bonds is 6.